The van der Waals surface area contributed by atoms with Crippen molar-refractivity contribution in [2.45, 2.75) is 30.5 Å². The standard InChI is InChI=1S/C15H17N3OS/c1-3-12(20-14-6-4-5-8-17-14)15(19)18-13-10-11(2)7-9-16-13/h4-10,12H,3H2,1-2H3,(H,16,18,19). The number of rotatable bonds is 5. The molecule has 0 bridgehead atoms. The van der Waals surface area contributed by atoms with Crippen LogP contribution in [0.15, 0.2) is 47.8 Å². The summed E-state index contributed by atoms with van der Waals surface area (Å²) in [6.45, 7) is 3.96. The van der Waals surface area contributed by atoms with Gasteiger partial charge in [-0.25, -0.2) is 9.97 Å². The van der Waals surface area contributed by atoms with Gasteiger partial charge in [0.1, 0.15) is 5.82 Å². The summed E-state index contributed by atoms with van der Waals surface area (Å²) in [7, 11) is 0. The topological polar surface area (TPSA) is 54.9 Å². The lowest BCUT2D eigenvalue weighted by molar-refractivity contribution is -0.115. The van der Waals surface area contributed by atoms with Crippen molar-refractivity contribution >= 4 is 23.5 Å². The van der Waals surface area contributed by atoms with Crippen molar-refractivity contribution in [2.75, 3.05) is 5.32 Å². The van der Waals surface area contributed by atoms with E-state index in [2.05, 4.69) is 15.3 Å². The molecule has 0 spiro atoms. The van der Waals surface area contributed by atoms with Crippen LogP contribution < -0.4 is 5.32 Å². The molecule has 1 N–H and O–H groups in total. The fraction of sp³-hybridized carbons (Fsp3) is 0.267. The third-order valence-electron chi connectivity index (χ3n) is 2.73. The number of nitrogens with one attached hydrogen (secondary N) is 1. The molecule has 0 radical (unpaired) electrons. The van der Waals surface area contributed by atoms with Gasteiger partial charge in [0.25, 0.3) is 0 Å². The molecule has 0 saturated carbocycles. The number of pyridine rings is 2. The molecule has 4 nitrogen and oxygen atoms in total. The summed E-state index contributed by atoms with van der Waals surface area (Å²) < 4.78 is 0. The molecule has 1 amide bonds. The molecule has 5 heteroatoms. The highest BCUT2D eigenvalue weighted by Crippen LogP contribution is 2.24. The number of thioether (sulfide) groups is 1. The van der Waals surface area contributed by atoms with Crippen molar-refractivity contribution in [3.8, 4) is 0 Å². The molecule has 0 aromatic carbocycles. The normalized spacial score (nSPS) is 11.9. The zero-order valence-corrected chi connectivity index (χ0v) is 12.4. The molecule has 2 aromatic rings. The first-order chi connectivity index (χ1) is 9.69. The number of amides is 1. The van der Waals surface area contributed by atoms with Crippen LogP contribution in [0.25, 0.3) is 0 Å². The number of anilines is 1. The number of aryl methyl sites for hydroxylation is 1. The van der Waals surface area contributed by atoms with Crippen molar-refractivity contribution in [2.24, 2.45) is 0 Å². The Kier molecular flexibility index (Phi) is 5.12. The fourth-order valence-electron chi connectivity index (χ4n) is 1.70. The lowest BCUT2D eigenvalue weighted by Gasteiger charge is -2.13. The Hall–Kier alpha value is -1.88. The SMILES string of the molecule is CCC(Sc1ccccn1)C(=O)Nc1cc(C)ccn1. The molecule has 0 saturated heterocycles. The summed E-state index contributed by atoms with van der Waals surface area (Å²) in [5, 5.41) is 3.53. The Morgan fingerprint density at radius 3 is 2.80 bits per heavy atom. The molecule has 2 aromatic heterocycles. The smallest absolute Gasteiger partial charge is 0.239 e. The van der Waals surface area contributed by atoms with Gasteiger partial charge in [-0.3, -0.25) is 4.79 Å². The Labute approximate surface area is 123 Å². The fourth-order valence-corrected chi connectivity index (χ4v) is 2.60. The van der Waals surface area contributed by atoms with Crippen molar-refractivity contribution in [1.29, 1.82) is 0 Å². The molecule has 0 aliphatic heterocycles. The van der Waals surface area contributed by atoms with E-state index in [0.717, 1.165) is 17.0 Å². The van der Waals surface area contributed by atoms with Crippen LogP contribution in [0.3, 0.4) is 0 Å². The van der Waals surface area contributed by atoms with E-state index in [-0.39, 0.29) is 11.2 Å². The van der Waals surface area contributed by atoms with Crippen molar-refractivity contribution in [1.82, 2.24) is 9.97 Å². The van der Waals surface area contributed by atoms with Crippen molar-refractivity contribution in [3.63, 3.8) is 0 Å². The van der Waals surface area contributed by atoms with E-state index in [1.54, 1.807) is 12.4 Å². The molecule has 1 atom stereocenters. The predicted octanol–water partition coefficient (Wildman–Crippen LogP) is 3.29. The third kappa shape index (κ3) is 4.06. The molecule has 1 unspecified atom stereocenters. The van der Waals surface area contributed by atoms with E-state index in [4.69, 9.17) is 0 Å². The molecule has 2 rings (SSSR count). The van der Waals surface area contributed by atoms with E-state index in [9.17, 15) is 4.79 Å². The van der Waals surface area contributed by atoms with Crippen molar-refractivity contribution < 1.29 is 4.79 Å². The van der Waals surface area contributed by atoms with Crippen molar-refractivity contribution in [3.05, 3.63) is 48.3 Å². The van der Waals surface area contributed by atoms with E-state index in [1.807, 2.05) is 44.2 Å². The number of hydrogen-bond acceptors (Lipinski definition) is 4. The first-order valence-corrected chi connectivity index (χ1v) is 7.38. The molecule has 20 heavy (non-hydrogen) atoms. The molecule has 104 valence electrons. The molecule has 0 aliphatic carbocycles. The van der Waals surface area contributed by atoms with Gasteiger partial charge in [0.15, 0.2) is 0 Å². The molecular formula is C15H17N3OS. The highest BCUT2D eigenvalue weighted by atomic mass is 32.2. The Morgan fingerprint density at radius 2 is 2.15 bits per heavy atom. The van der Waals surface area contributed by atoms with Crippen LogP contribution in [0.4, 0.5) is 5.82 Å². The monoisotopic (exact) mass is 287 g/mol. The number of aromatic nitrogens is 2. The first kappa shape index (κ1) is 14.5. The summed E-state index contributed by atoms with van der Waals surface area (Å²) in [5.74, 6) is 0.552. The van der Waals surface area contributed by atoms with Crippen LogP contribution in [0.2, 0.25) is 0 Å². The maximum Gasteiger partial charge on any atom is 0.239 e. The summed E-state index contributed by atoms with van der Waals surface area (Å²) in [5.41, 5.74) is 1.07. The van der Waals surface area contributed by atoms with Gasteiger partial charge < -0.3 is 5.32 Å². The highest BCUT2D eigenvalue weighted by molar-refractivity contribution is 8.00. The van der Waals surface area contributed by atoms with Gasteiger partial charge in [-0.2, -0.15) is 0 Å². The lowest BCUT2D eigenvalue weighted by Crippen LogP contribution is -2.25. The van der Waals surface area contributed by atoms with Crippen LogP contribution in [0.1, 0.15) is 18.9 Å². The molecule has 0 fully saturated rings. The number of nitrogens with zero attached hydrogens (tertiary/aromatic N) is 2. The van der Waals surface area contributed by atoms with Crippen LogP contribution in [-0.4, -0.2) is 21.1 Å². The minimum Gasteiger partial charge on any atom is -0.310 e. The van der Waals surface area contributed by atoms with E-state index in [1.165, 1.54) is 11.8 Å². The number of carbonyl (C=O) groups is 1. The van der Waals surface area contributed by atoms with Gasteiger partial charge in [-0.1, -0.05) is 24.8 Å². The highest BCUT2D eigenvalue weighted by Gasteiger charge is 2.18. The second-order valence-electron chi connectivity index (χ2n) is 4.39. The second-order valence-corrected chi connectivity index (χ2v) is 5.61. The molecular weight excluding hydrogens is 270 g/mol. The largest absolute Gasteiger partial charge is 0.310 e. The Bertz CT molecular complexity index is 574. The average Bonchev–Trinajstić information content (AvgIpc) is 2.45. The summed E-state index contributed by atoms with van der Waals surface area (Å²) in [6.07, 6.45) is 4.16. The van der Waals surface area contributed by atoms with Crippen LogP contribution >= 0.6 is 11.8 Å². The summed E-state index contributed by atoms with van der Waals surface area (Å²) in [4.78, 5) is 20.6. The Balaban J connectivity index is 2.02. The van der Waals surface area contributed by atoms with Gasteiger partial charge in [-0.05, 0) is 43.2 Å². The molecule has 0 aliphatic rings. The second kappa shape index (κ2) is 7.05. The van der Waals surface area contributed by atoms with Gasteiger partial charge >= 0.3 is 0 Å². The predicted molar refractivity (Wildman–Crippen MR) is 81.8 cm³/mol. The lowest BCUT2D eigenvalue weighted by atomic mass is 10.3. The van der Waals surface area contributed by atoms with Gasteiger partial charge in [0, 0.05) is 12.4 Å². The van der Waals surface area contributed by atoms with Gasteiger partial charge in [0.2, 0.25) is 5.91 Å². The minimum atomic E-state index is -0.174. The minimum absolute atomic E-state index is 0.0405. The number of carbonyl (C=O) groups excluding carboxylic acids is 1. The van der Waals surface area contributed by atoms with E-state index in [0.29, 0.717) is 5.82 Å². The molecule has 2 heterocycles. The maximum atomic E-state index is 12.3. The van der Waals surface area contributed by atoms with Crippen LogP contribution in [0, 0.1) is 6.92 Å². The average molecular weight is 287 g/mol. The van der Waals surface area contributed by atoms with Gasteiger partial charge in [0.05, 0.1) is 10.3 Å². The maximum absolute atomic E-state index is 12.3. The third-order valence-corrected chi connectivity index (χ3v) is 4.05. The Morgan fingerprint density at radius 1 is 1.30 bits per heavy atom. The van der Waals surface area contributed by atoms with Gasteiger partial charge in [-0.15, -0.1) is 0 Å². The van der Waals surface area contributed by atoms with E-state index >= 15 is 0 Å². The quantitative estimate of drug-likeness (QED) is 0.857. The van der Waals surface area contributed by atoms with Crippen LogP contribution in [0.5, 0.6) is 0 Å². The zero-order chi connectivity index (χ0) is 14.4. The summed E-state index contributed by atoms with van der Waals surface area (Å²) >= 11 is 1.47. The first-order valence-electron chi connectivity index (χ1n) is 6.50. The van der Waals surface area contributed by atoms with E-state index < -0.39 is 0 Å². The van der Waals surface area contributed by atoms with Crippen LogP contribution in [-0.2, 0) is 4.79 Å². The summed E-state index contributed by atoms with van der Waals surface area (Å²) in [6, 6.07) is 9.45. The zero-order valence-electron chi connectivity index (χ0n) is 11.5. The number of hydrogen-bond donors (Lipinski definition) is 1.